The summed E-state index contributed by atoms with van der Waals surface area (Å²) in [5.74, 6) is 0.902. The SMILES string of the molecule is CCNC(=NCCOc1cccc(C(F)(F)F)c1)NC1CCN(C(=O)CC)C1. The van der Waals surface area contributed by atoms with E-state index in [9.17, 15) is 18.0 Å². The molecule has 1 aromatic rings. The molecule has 1 heterocycles. The lowest BCUT2D eigenvalue weighted by atomic mass is 10.2. The fourth-order valence-electron chi connectivity index (χ4n) is 2.92. The smallest absolute Gasteiger partial charge is 0.416 e. The zero-order chi connectivity index (χ0) is 20.6. The van der Waals surface area contributed by atoms with Crippen molar-refractivity contribution >= 4 is 11.9 Å². The van der Waals surface area contributed by atoms with Crippen molar-refractivity contribution in [1.29, 1.82) is 0 Å². The molecule has 1 amide bonds. The molecule has 156 valence electrons. The van der Waals surface area contributed by atoms with Crippen molar-refractivity contribution in [1.82, 2.24) is 15.5 Å². The Morgan fingerprint density at radius 1 is 1.36 bits per heavy atom. The number of amides is 1. The molecule has 2 rings (SSSR count). The highest BCUT2D eigenvalue weighted by molar-refractivity contribution is 5.80. The molecular formula is C19H27F3N4O2. The molecule has 0 bridgehead atoms. The van der Waals surface area contributed by atoms with E-state index < -0.39 is 11.7 Å². The van der Waals surface area contributed by atoms with Gasteiger partial charge in [0.15, 0.2) is 5.96 Å². The largest absolute Gasteiger partial charge is 0.492 e. The van der Waals surface area contributed by atoms with Crippen LogP contribution in [0.4, 0.5) is 13.2 Å². The average Bonchev–Trinajstić information content (AvgIpc) is 3.13. The maximum Gasteiger partial charge on any atom is 0.416 e. The number of rotatable bonds is 7. The molecule has 1 fully saturated rings. The van der Waals surface area contributed by atoms with Gasteiger partial charge in [-0.15, -0.1) is 0 Å². The van der Waals surface area contributed by atoms with Crippen LogP contribution >= 0.6 is 0 Å². The highest BCUT2D eigenvalue weighted by atomic mass is 19.4. The van der Waals surface area contributed by atoms with E-state index in [1.165, 1.54) is 12.1 Å². The minimum absolute atomic E-state index is 0.123. The monoisotopic (exact) mass is 400 g/mol. The van der Waals surface area contributed by atoms with Gasteiger partial charge in [0.05, 0.1) is 12.1 Å². The zero-order valence-electron chi connectivity index (χ0n) is 16.2. The van der Waals surface area contributed by atoms with Crippen LogP contribution in [0.5, 0.6) is 5.75 Å². The van der Waals surface area contributed by atoms with Gasteiger partial charge in [-0.25, -0.2) is 4.99 Å². The number of guanidine groups is 1. The van der Waals surface area contributed by atoms with Gasteiger partial charge in [0.1, 0.15) is 12.4 Å². The number of carbonyl (C=O) groups excluding carboxylic acids is 1. The first-order chi connectivity index (χ1) is 13.3. The van der Waals surface area contributed by atoms with E-state index in [0.717, 1.165) is 25.1 Å². The second-order valence-electron chi connectivity index (χ2n) is 6.46. The van der Waals surface area contributed by atoms with Gasteiger partial charge in [-0.3, -0.25) is 4.79 Å². The number of hydrogen-bond acceptors (Lipinski definition) is 3. The van der Waals surface area contributed by atoms with Crippen LogP contribution in [0.1, 0.15) is 32.3 Å². The van der Waals surface area contributed by atoms with Crippen molar-refractivity contribution in [2.75, 3.05) is 32.8 Å². The summed E-state index contributed by atoms with van der Waals surface area (Å²) in [5, 5.41) is 6.42. The fourth-order valence-corrected chi connectivity index (χ4v) is 2.92. The van der Waals surface area contributed by atoms with Gasteiger partial charge < -0.3 is 20.3 Å². The first-order valence-corrected chi connectivity index (χ1v) is 9.46. The Labute approximate surface area is 163 Å². The average molecular weight is 400 g/mol. The molecule has 1 aliphatic heterocycles. The number of hydrogen-bond donors (Lipinski definition) is 2. The van der Waals surface area contributed by atoms with Crippen LogP contribution in [0.2, 0.25) is 0 Å². The summed E-state index contributed by atoms with van der Waals surface area (Å²) in [5.41, 5.74) is -0.740. The van der Waals surface area contributed by atoms with Crippen LogP contribution in [0.15, 0.2) is 29.3 Å². The van der Waals surface area contributed by atoms with Crippen molar-refractivity contribution in [3.63, 3.8) is 0 Å². The maximum atomic E-state index is 12.7. The predicted molar refractivity (Wildman–Crippen MR) is 101 cm³/mol. The van der Waals surface area contributed by atoms with Gasteiger partial charge in [-0.1, -0.05) is 13.0 Å². The van der Waals surface area contributed by atoms with Crippen LogP contribution in [0.25, 0.3) is 0 Å². The molecule has 2 N–H and O–H groups in total. The molecule has 1 aliphatic rings. The normalized spacial score (nSPS) is 17.5. The zero-order valence-corrected chi connectivity index (χ0v) is 16.2. The Kier molecular flexibility index (Phi) is 7.95. The van der Waals surface area contributed by atoms with Crippen LogP contribution < -0.4 is 15.4 Å². The van der Waals surface area contributed by atoms with Crippen molar-refractivity contribution in [3.8, 4) is 5.75 Å². The summed E-state index contributed by atoms with van der Waals surface area (Å²) < 4.78 is 43.6. The van der Waals surface area contributed by atoms with E-state index in [1.807, 2.05) is 18.7 Å². The number of halogens is 3. The van der Waals surface area contributed by atoms with Crippen molar-refractivity contribution in [2.45, 2.75) is 38.9 Å². The van der Waals surface area contributed by atoms with Crippen LogP contribution in [-0.4, -0.2) is 55.6 Å². The molecule has 0 spiro atoms. The van der Waals surface area contributed by atoms with E-state index in [-0.39, 0.29) is 30.9 Å². The molecule has 1 saturated heterocycles. The number of nitrogens with one attached hydrogen (secondary N) is 2. The van der Waals surface area contributed by atoms with Gasteiger partial charge in [-0.05, 0) is 31.5 Å². The molecular weight excluding hydrogens is 373 g/mol. The summed E-state index contributed by atoms with van der Waals surface area (Å²) in [7, 11) is 0. The lowest BCUT2D eigenvalue weighted by Crippen LogP contribution is -2.45. The molecule has 9 heteroatoms. The summed E-state index contributed by atoms with van der Waals surface area (Å²) in [6, 6.07) is 4.91. The van der Waals surface area contributed by atoms with Gasteiger partial charge in [0.2, 0.25) is 5.91 Å². The van der Waals surface area contributed by atoms with E-state index in [2.05, 4.69) is 15.6 Å². The lowest BCUT2D eigenvalue weighted by Gasteiger charge is -2.18. The summed E-state index contributed by atoms with van der Waals surface area (Å²) >= 11 is 0. The molecule has 0 radical (unpaired) electrons. The fraction of sp³-hybridized carbons (Fsp3) is 0.579. The number of benzene rings is 1. The quantitative estimate of drug-likeness (QED) is 0.420. The van der Waals surface area contributed by atoms with Gasteiger partial charge in [0.25, 0.3) is 0 Å². The second kappa shape index (κ2) is 10.2. The van der Waals surface area contributed by atoms with Gasteiger partial charge >= 0.3 is 6.18 Å². The standard InChI is InChI=1S/C19H27F3N4O2/c1-3-17(27)26-10-8-15(13-26)25-18(23-4-2)24-9-11-28-16-7-5-6-14(12-16)19(20,21)22/h5-7,12,15H,3-4,8-11,13H2,1-2H3,(H2,23,24,25). The maximum absolute atomic E-state index is 12.7. The third kappa shape index (κ3) is 6.61. The summed E-state index contributed by atoms with van der Waals surface area (Å²) in [6.45, 7) is 6.26. The molecule has 1 aromatic carbocycles. The van der Waals surface area contributed by atoms with E-state index >= 15 is 0 Å². The molecule has 6 nitrogen and oxygen atoms in total. The molecule has 1 unspecified atom stereocenters. The number of nitrogens with zero attached hydrogens (tertiary/aromatic N) is 2. The Hall–Kier alpha value is -2.45. The predicted octanol–water partition coefficient (Wildman–Crippen LogP) is 2.65. The highest BCUT2D eigenvalue weighted by Crippen LogP contribution is 2.31. The van der Waals surface area contributed by atoms with Crippen LogP contribution in [0, 0.1) is 0 Å². The molecule has 1 atom stereocenters. The van der Waals surface area contributed by atoms with Crippen molar-refractivity contribution in [3.05, 3.63) is 29.8 Å². The van der Waals surface area contributed by atoms with Crippen molar-refractivity contribution in [2.24, 2.45) is 4.99 Å². The first kappa shape index (κ1) is 21.8. The van der Waals surface area contributed by atoms with Crippen LogP contribution in [-0.2, 0) is 11.0 Å². The minimum atomic E-state index is -4.39. The summed E-state index contributed by atoms with van der Waals surface area (Å²) in [6.07, 6.45) is -3.06. The summed E-state index contributed by atoms with van der Waals surface area (Å²) in [4.78, 5) is 18.0. The van der Waals surface area contributed by atoms with E-state index in [0.29, 0.717) is 25.5 Å². The number of carbonyl (C=O) groups is 1. The Bertz CT molecular complexity index is 679. The van der Waals surface area contributed by atoms with E-state index in [1.54, 1.807) is 0 Å². The Balaban J connectivity index is 1.84. The lowest BCUT2D eigenvalue weighted by molar-refractivity contribution is -0.137. The van der Waals surface area contributed by atoms with Gasteiger partial charge in [-0.2, -0.15) is 13.2 Å². The first-order valence-electron chi connectivity index (χ1n) is 9.46. The topological polar surface area (TPSA) is 66.0 Å². The second-order valence-corrected chi connectivity index (χ2v) is 6.46. The number of ether oxygens (including phenoxy) is 1. The number of likely N-dealkylation sites (tertiary alicyclic amines) is 1. The van der Waals surface area contributed by atoms with Gasteiger partial charge in [0, 0.05) is 32.1 Å². The van der Waals surface area contributed by atoms with E-state index in [4.69, 9.17) is 4.74 Å². The molecule has 0 aromatic heterocycles. The molecule has 0 aliphatic carbocycles. The third-order valence-electron chi connectivity index (χ3n) is 4.32. The minimum Gasteiger partial charge on any atom is -0.492 e. The number of aliphatic imine (C=N–C) groups is 1. The highest BCUT2D eigenvalue weighted by Gasteiger charge is 2.30. The van der Waals surface area contributed by atoms with Crippen molar-refractivity contribution < 1.29 is 22.7 Å². The third-order valence-corrected chi connectivity index (χ3v) is 4.32. The molecule has 0 saturated carbocycles. The number of alkyl halides is 3. The Morgan fingerprint density at radius 2 is 2.14 bits per heavy atom. The Morgan fingerprint density at radius 3 is 2.82 bits per heavy atom. The van der Waals surface area contributed by atoms with Crippen LogP contribution in [0.3, 0.4) is 0 Å². The molecule has 28 heavy (non-hydrogen) atoms.